The topological polar surface area (TPSA) is 17.1 Å². The van der Waals surface area contributed by atoms with Crippen molar-refractivity contribution in [3.63, 3.8) is 0 Å². The summed E-state index contributed by atoms with van der Waals surface area (Å²) < 4.78 is 0. The fourth-order valence-electron chi connectivity index (χ4n) is 0.428. The van der Waals surface area contributed by atoms with Crippen LogP contribution in [0.4, 0.5) is 0 Å². The zero-order valence-corrected chi connectivity index (χ0v) is 7.64. The summed E-state index contributed by atoms with van der Waals surface area (Å²) in [5.41, 5.74) is 0. The largest absolute Gasteiger partial charge is 0.300 e. The lowest BCUT2D eigenvalue weighted by atomic mass is 10.4. The highest BCUT2D eigenvalue weighted by Gasteiger charge is 1.73. The Kier molecular flexibility index (Phi) is 5.57. The van der Waals surface area contributed by atoms with E-state index in [1.165, 1.54) is 13.8 Å². The van der Waals surface area contributed by atoms with Crippen LogP contribution in [0, 0.1) is 0 Å². The first-order valence-corrected chi connectivity index (χ1v) is 3.79. The molecular formula is C9H12OS. The molecular weight excluding hydrogens is 156 g/mol. The fourth-order valence-corrected chi connectivity index (χ4v) is 0.600. The minimum absolute atomic E-state index is 0.167. The normalized spacial score (nSPS) is 7.91. The lowest BCUT2D eigenvalue weighted by Crippen LogP contribution is -1.69. The molecule has 2 heteroatoms. The van der Waals surface area contributed by atoms with E-state index >= 15 is 0 Å². The molecule has 11 heavy (non-hydrogen) atoms. The first-order valence-electron chi connectivity index (χ1n) is 3.34. The van der Waals surface area contributed by atoms with Crippen LogP contribution in [-0.2, 0) is 4.79 Å². The van der Waals surface area contributed by atoms with E-state index in [1.54, 1.807) is 0 Å². The zero-order chi connectivity index (χ0) is 8.69. The molecule has 0 fully saturated rings. The van der Waals surface area contributed by atoms with E-state index in [2.05, 4.69) is 12.6 Å². The van der Waals surface area contributed by atoms with Crippen molar-refractivity contribution in [1.82, 2.24) is 0 Å². The molecule has 0 bridgehead atoms. The third kappa shape index (κ3) is 9.24. The Morgan fingerprint density at radius 2 is 1.55 bits per heavy atom. The average Bonchev–Trinajstić information content (AvgIpc) is 1.87. The molecule has 60 valence electrons. The highest BCUT2D eigenvalue weighted by atomic mass is 32.1. The van der Waals surface area contributed by atoms with Gasteiger partial charge in [0.25, 0.3) is 0 Å². The SMILES string of the molecule is CC(C)=O.Sc1ccccc1. The summed E-state index contributed by atoms with van der Waals surface area (Å²) in [6.45, 7) is 3.06. The first-order chi connectivity index (χ1) is 5.13. The van der Waals surface area contributed by atoms with Gasteiger partial charge in [-0.1, -0.05) is 18.2 Å². The molecule has 0 atom stereocenters. The van der Waals surface area contributed by atoms with Gasteiger partial charge >= 0.3 is 0 Å². The van der Waals surface area contributed by atoms with Crippen LogP contribution < -0.4 is 0 Å². The van der Waals surface area contributed by atoms with Crippen LogP contribution in [0.5, 0.6) is 0 Å². The molecule has 1 nitrogen and oxygen atoms in total. The third-order valence-electron chi connectivity index (χ3n) is 0.756. The monoisotopic (exact) mass is 168 g/mol. The molecule has 0 aliphatic heterocycles. The van der Waals surface area contributed by atoms with Gasteiger partial charge in [-0.3, -0.25) is 0 Å². The number of hydrogen-bond donors (Lipinski definition) is 1. The van der Waals surface area contributed by atoms with Crippen molar-refractivity contribution in [2.45, 2.75) is 18.7 Å². The second-order valence-corrected chi connectivity index (χ2v) is 2.76. The van der Waals surface area contributed by atoms with Crippen LogP contribution in [0.3, 0.4) is 0 Å². The average molecular weight is 168 g/mol. The maximum absolute atomic E-state index is 9.44. The molecule has 0 saturated carbocycles. The van der Waals surface area contributed by atoms with Gasteiger partial charge in [0.1, 0.15) is 5.78 Å². The Hall–Kier alpha value is -0.760. The van der Waals surface area contributed by atoms with E-state index in [0.717, 1.165) is 4.90 Å². The maximum atomic E-state index is 9.44. The Balaban J connectivity index is 0.000000218. The molecule has 0 aromatic heterocycles. The Labute approximate surface area is 72.8 Å². The molecule has 0 saturated heterocycles. The first kappa shape index (κ1) is 10.2. The highest BCUT2D eigenvalue weighted by molar-refractivity contribution is 7.80. The van der Waals surface area contributed by atoms with E-state index in [4.69, 9.17) is 0 Å². The Morgan fingerprint density at radius 1 is 1.18 bits per heavy atom. The van der Waals surface area contributed by atoms with Gasteiger partial charge in [0, 0.05) is 4.90 Å². The lowest BCUT2D eigenvalue weighted by Gasteiger charge is -1.81. The van der Waals surface area contributed by atoms with E-state index in [-0.39, 0.29) is 5.78 Å². The van der Waals surface area contributed by atoms with Gasteiger partial charge in [0.2, 0.25) is 0 Å². The van der Waals surface area contributed by atoms with Gasteiger partial charge < -0.3 is 4.79 Å². The minimum Gasteiger partial charge on any atom is -0.300 e. The van der Waals surface area contributed by atoms with Crippen molar-refractivity contribution in [1.29, 1.82) is 0 Å². The zero-order valence-electron chi connectivity index (χ0n) is 6.74. The van der Waals surface area contributed by atoms with Gasteiger partial charge in [-0.2, -0.15) is 0 Å². The summed E-state index contributed by atoms with van der Waals surface area (Å²) in [5.74, 6) is 0.167. The van der Waals surface area contributed by atoms with Gasteiger partial charge in [-0.25, -0.2) is 0 Å². The molecule has 1 rings (SSSR count). The van der Waals surface area contributed by atoms with Gasteiger partial charge in [-0.15, -0.1) is 12.6 Å². The number of benzene rings is 1. The summed E-state index contributed by atoms with van der Waals surface area (Å²) >= 11 is 4.08. The van der Waals surface area contributed by atoms with Crippen LogP contribution >= 0.6 is 12.6 Å². The maximum Gasteiger partial charge on any atom is 0.126 e. The van der Waals surface area contributed by atoms with E-state index in [0.29, 0.717) is 0 Å². The molecule has 0 amide bonds. The molecule has 1 aromatic rings. The number of thiol groups is 1. The quantitative estimate of drug-likeness (QED) is 0.589. The lowest BCUT2D eigenvalue weighted by molar-refractivity contribution is -0.114. The van der Waals surface area contributed by atoms with Crippen LogP contribution in [-0.4, -0.2) is 5.78 Å². The molecule has 0 unspecified atom stereocenters. The van der Waals surface area contributed by atoms with E-state index < -0.39 is 0 Å². The van der Waals surface area contributed by atoms with Crippen LogP contribution in [0.2, 0.25) is 0 Å². The van der Waals surface area contributed by atoms with Crippen LogP contribution in [0.15, 0.2) is 35.2 Å². The molecule has 1 aromatic carbocycles. The van der Waals surface area contributed by atoms with E-state index in [9.17, 15) is 4.79 Å². The van der Waals surface area contributed by atoms with Crippen molar-refractivity contribution < 1.29 is 4.79 Å². The number of carbonyl (C=O) groups excluding carboxylic acids is 1. The predicted molar refractivity (Wildman–Crippen MR) is 50.0 cm³/mol. The summed E-state index contributed by atoms with van der Waals surface area (Å²) in [5, 5.41) is 0. The Morgan fingerprint density at radius 3 is 1.73 bits per heavy atom. The van der Waals surface area contributed by atoms with Crippen molar-refractivity contribution in [3.8, 4) is 0 Å². The molecule has 0 aliphatic rings. The number of hydrogen-bond acceptors (Lipinski definition) is 2. The molecule has 0 aliphatic carbocycles. The third-order valence-corrected chi connectivity index (χ3v) is 1.05. The summed E-state index contributed by atoms with van der Waals surface area (Å²) in [6, 6.07) is 9.79. The second-order valence-electron chi connectivity index (χ2n) is 2.24. The summed E-state index contributed by atoms with van der Waals surface area (Å²) in [7, 11) is 0. The van der Waals surface area contributed by atoms with E-state index in [1.807, 2.05) is 30.3 Å². The summed E-state index contributed by atoms with van der Waals surface area (Å²) in [4.78, 5) is 10.5. The molecule has 0 spiro atoms. The molecule has 0 N–H and O–H groups in total. The second kappa shape index (κ2) is 5.98. The van der Waals surface area contributed by atoms with Gasteiger partial charge in [-0.05, 0) is 26.0 Å². The van der Waals surface area contributed by atoms with Gasteiger partial charge in [0.15, 0.2) is 0 Å². The molecule has 0 heterocycles. The standard InChI is InChI=1S/C6H6S.C3H6O/c7-6-4-2-1-3-5-6;1-3(2)4/h1-5,7H;1-2H3. The van der Waals surface area contributed by atoms with Crippen molar-refractivity contribution in [2.75, 3.05) is 0 Å². The number of Topliss-reactive ketones (excluding diaryl/α,β-unsaturated/α-hetero) is 1. The highest BCUT2D eigenvalue weighted by Crippen LogP contribution is 2.00. The molecule has 0 radical (unpaired) electrons. The van der Waals surface area contributed by atoms with Gasteiger partial charge in [0.05, 0.1) is 0 Å². The fraction of sp³-hybridized carbons (Fsp3) is 0.222. The van der Waals surface area contributed by atoms with Crippen LogP contribution in [0.25, 0.3) is 0 Å². The van der Waals surface area contributed by atoms with Crippen molar-refractivity contribution in [3.05, 3.63) is 30.3 Å². The van der Waals surface area contributed by atoms with Crippen molar-refractivity contribution >= 4 is 18.4 Å². The summed E-state index contributed by atoms with van der Waals surface area (Å²) in [6.07, 6.45) is 0. The van der Waals surface area contributed by atoms with Crippen LogP contribution in [0.1, 0.15) is 13.8 Å². The Bertz CT molecular complexity index is 202. The number of rotatable bonds is 0. The van der Waals surface area contributed by atoms with Crippen molar-refractivity contribution in [2.24, 2.45) is 0 Å². The smallest absolute Gasteiger partial charge is 0.126 e. The number of carbonyl (C=O) groups is 1. The predicted octanol–water partition coefficient (Wildman–Crippen LogP) is 2.57. The minimum atomic E-state index is 0.167. The number of ketones is 1.